The molecule has 2 aromatic carbocycles. The van der Waals surface area contributed by atoms with E-state index < -0.39 is 17.2 Å². The van der Waals surface area contributed by atoms with E-state index in [1.807, 2.05) is 34.6 Å². The van der Waals surface area contributed by atoms with E-state index in [4.69, 9.17) is 40.5 Å². The number of pyridine rings is 1. The number of piperazine rings is 1. The summed E-state index contributed by atoms with van der Waals surface area (Å²) in [4.78, 5) is 40.7. The molecule has 2 aliphatic heterocycles. The largest absolute Gasteiger partial charge is 0.397 e. The molecular weight excluding hydrogens is 681 g/mol. The van der Waals surface area contributed by atoms with E-state index in [1.54, 1.807) is 4.90 Å². The summed E-state index contributed by atoms with van der Waals surface area (Å²) in [5.74, 6) is -2.35. The number of rotatable bonds is 5. The van der Waals surface area contributed by atoms with Gasteiger partial charge in [0.25, 0.3) is 5.56 Å². The van der Waals surface area contributed by atoms with Gasteiger partial charge in [-0.25, -0.2) is 18.7 Å². The third kappa shape index (κ3) is 5.24. The van der Waals surface area contributed by atoms with Crippen LogP contribution in [0.15, 0.2) is 35.9 Å². The molecule has 0 radical (unpaired) electrons. The molecule has 2 aromatic heterocycles. The number of halogens is 5. The van der Waals surface area contributed by atoms with Gasteiger partial charge in [0, 0.05) is 47.2 Å². The normalized spacial score (nSPS) is 17.7. The van der Waals surface area contributed by atoms with Crippen LogP contribution in [0, 0.1) is 11.6 Å². The highest BCUT2D eigenvalue weighted by atomic mass is 35.5. The first-order valence-corrected chi connectivity index (χ1v) is 16.9. The lowest BCUT2D eigenvalue weighted by Crippen LogP contribution is -2.60. The summed E-state index contributed by atoms with van der Waals surface area (Å²) in [6.45, 7) is 14.2. The number of aromatic nitrogens is 3. The van der Waals surface area contributed by atoms with Gasteiger partial charge in [-0.15, -0.1) is 0 Å². The number of nitrogen functional groups attached to an aromatic ring is 1. The minimum atomic E-state index is -1.00. The van der Waals surface area contributed by atoms with Crippen LogP contribution in [0.2, 0.25) is 15.1 Å². The van der Waals surface area contributed by atoms with Crippen LogP contribution in [0.5, 0.6) is 0 Å². The number of hydrogen-bond donors (Lipinski definition) is 1. The molecule has 4 heterocycles. The third-order valence-electron chi connectivity index (χ3n) is 9.39. The highest BCUT2D eigenvalue weighted by Gasteiger charge is 2.40. The van der Waals surface area contributed by atoms with E-state index in [1.165, 1.54) is 23.0 Å². The zero-order chi connectivity index (χ0) is 34.9. The quantitative estimate of drug-likeness (QED) is 0.128. The molecule has 2 N–H and O–H groups in total. The number of nitrogens with two attached hydrogens (primary N) is 1. The van der Waals surface area contributed by atoms with Crippen LogP contribution < -0.4 is 16.2 Å². The number of fused-ring (bicyclic) bond motifs is 5. The number of hydrogen-bond acceptors (Lipinski definition) is 6. The Morgan fingerprint density at radius 2 is 1.67 bits per heavy atom. The predicted molar refractivity (Wildman–Crippen MR) is 189 cm³/mol. The zero-order valence-corrected chi connectivity index (χ0v) is 29.4. The molecule has 2 atom stereocenters. The van der Waals surface area contributed by atoms with Crippen molar-refractivity contribution in [2.45, 2.75) is 71.4 Å². The van der Waals surface area contributed by atoms with Crippen LogP contribution in [0.3, 0.4) is 0 Å². The van der Waals surface area contributed by atoms with E-state index in [0.717, 1.165) is 6.07 Å². The topological polar surface area (TPSA) is 97.4 Å². The van der Waals surface area contributed by atoms with E-state index in [-0.39, 0.29) is 67.2 Å². The van der Waals surface area contributed by atoms with Crippen LogP contribution in [0.1, 0.15) is 69.8 Å². The summed E-state index contributed by atoms with van der Waals surface area (Å²) in [5.41, 5.74) is 7.59. The van der Waals surface area contributed by atoms with Crippen molar-refractivity contribution in [3.05, 3.63) is 85.1 Å². The standard InChI is InChI=1S/C35H35Cl3F2N6O2/c1-7-24(47)44-13-18-8-9-19-32(45(18)12-17(44)6)20-10-23(39)25(26-28(40)21(36)11-22(37)29(26)41)27(38)33(20)46(35(19)48)34-30(15(2)3)42-14-43-31(34)16(4)5/h7,10-11,14-18H,1,8-9,12-13,41H2,2-6H3. The number of carbonyl (C=O) groups is 1. The van der Waals surface area contributed by atoms with Crippen molar-refractivity contribution in [1.82, 2.24) is 19.4 Å². The molecule has 48 heavy (non-hydrogen) atoms. The lowest BCUT2D eigenvalue weighted by Gasteiger charge is -2.49. The lowest BCUT2D eigenvalue weighted by molar-refractivity contribution is -0.129. The number of amides is 1. The van der Waals surface area contributed by atoms with Crippen molar-refractivity contribution >= 4 is 63.0 Å². The molecule has 252 valence electrons. The summed E-state index contributed by atoms with van der Waals surface area (Å²) in [6.07, 6.45) is 3.70. The van der Waals surface area contributed by atoms with E-state index >= 15 is 8.78 Å². The van der Waals surface area contributed by atoms with Crippen molar-refractivity contribution in [2.24, 2.45) is 0 Å². The molecule has 1 saturated heterocycles. The molecule has 1 fully saturated rings. The fraction of sp³-hybridized carbons (Fsp3) is 0.371. The Balaban J connectivity index is 1.79. The van der Waals surface area contributed by atoms with Gasteiger partial charge in [-0.3, -0.25) is 14.2 Å². The molecule has 6 rings (SSSR count). The summed E-state index contributed by atoms with van der Waals surface area (Å²) in [5, 5.41) is -0.361. The van der Waals surface area contributed by atoms with Gasteiger partial charge in [0.15, 0.2) is 5.82 Å². The van der Waals surface area contributed by atoms with Gasteiger partial charge in [-0.1, -0.05) is 69.1 Å². The Kier molecular flexibility index (Phi) is 8.98. The zero-order valence-electron chi connectivity index (χ0n) is 27.2. The van der Waals surface area contributed by atoms with Crippen LogP contribution in [-0.4, -0.2) is 50.5 Å². The van der Waals surface area contributed by atoms with Crippen molar-refractivity contribution in [2.75, 3.05) is 23.7 Å². The average Bonchev–Trinajstić information content (AvgIpc) is 3.04. The Morgan fingerprint density at radius 3 is 2.27 bits per heavy atom. The maximum atomic E-state index is 16.6. The Hall–Kier alpha value is -3.73. The Bertz CT molecular complexity index is 2030. The number of nitrogens with zero attached hydrogens (tertiary/aromatic N) is 5. The fourth-order valence-corrected chi connectivity index (χ4v) is 7.97. The van der Waals surface area contributed by atoms with Gasteiger partial charge >= 0.3 is 0 Å². The lowest BCUT2D eigenvalue weighted by atomic mass is 9.89. The first-order valence-electron chi connectivity index (χ1n) is 15.8. The van der Waals surface area contributed by atoms with Crippen molar-refractivity contribution < 1.29 is 13.6 Å². The molecule has 0 bridgehead atoms. The van der Waals surface area contributed by atoms with Gasteiger partial charge in [0.2, 0.25) is 5.91 Å². The van der Waals surface area contributed by atoms with Gasteiger partial charge in [-0.2, -0.15) is 0 Å². The van der Waals surface area contributed by atoms with Gasteiger partial charge in [-0.05, 0) is 49.8 Å². The molecule has 8 nitrogen and oxygen atoms in total. The highest BCUT2D eigenvalue weighted by Crippen LogP contribution is 2.48. The summed E-state index contributed by atoms with van der Waals surface area (Å²) < 4.78 is 33.9. The first-order chi connectivity index (χ1) is 22.7. The van der Waals surface area contributed by atoms with E-state index in [9.17, 15) is 9.59 Å². The summed E-state index contributed by atoms with van der Waals surface area (Å²) >= 11 is 19.7. The molecule has 0 saturated carbocycles. The highest BCUT2D eigenvalue weighted by molar-refractivity contribution is 6.40. The molecule has 4 aromatic rings. The molecular formula is C35H35Cl3F2N6O2. The molecule has 2 unspecified atom stereocenters. The summed E-state index contributed by atoms with van der Waals surface area (Å²) in [6, 6.07) is 2.01. The molecule has 13 heteroatoms. The SMILES string of the molecule is C=CC(=O)N1CC2CCc3c(c4cc(F)c(-c5c(N)c(Cl)cc(Cl)c5F)c(Cl)c4n(-c4c(C(C)C)ncnc4C(C)C)c3=O)N2CC1C. The molecule has 1 amide bonds. The smallest absolute Gasteiger partial charge is 0.261 e. The predicted octanol–water partition coefficient (Wildman–Crippen LogP) is 8.05. The second kappa shape index (κ2) is 12.6. The van der Waals surface area contributed by atoms with Gasteiger partial charge < -0.3 is 15.5 Å². The molecule has 2 aliphatic rings. The van der Waals surface area contributed by atoms with E-state index in [0.29, 0.717) is 59.6 Å². The van der Waals surface area contributed by atoms with Crippen LogP contribution >= 0.6 is 34.8 Å². The van der Waals surface area contributed by atoms with Gasteiger partial charge in [0.1, 0.15) is 12.1 Å². The molecule has 0 aliphatic carbocycles. The third-order valence-corrected chi connectivity index (χ3v) is 10.3. The second-order valence-electron chi connectivity index (χ2n) is 13.0. The Morgan fingerprint density at radius 1 is 1.02 bits per heavy atom. The maximum Gasteiger partial charge on any atom is 0.261 e. The van der Waals surface area contributed by atoms with Crippen molar-refractivity contribution in [1.29, 1.82) is 0 Å². The van der Waals surface area contributed by atoms with Crippen molar-refractivity contribution in [3.63, 3.8) is 0 Å². The second-order valence-corrected chi connectivity index (χ2v) is 14.2. The number of carbonyl (C=O) groups excluding carboxylic acids is 1. The van der Waals surface area contributed by atoms with Crippen LogP contribution in [0.4, 0.5) is 20.2 Å². The average molecular weight is 716 g/mol. The Labute approximate surface area is 292 Å². The monoisotopic (exact) mass is 714 g/mol. The number of benzene rings is 2. The fourth-order valence-electron chi connectivity index (χ4n) is 7.13. The number of anilines is 2. The minimum Gasteiger partial charge on any atom is -0.397 e. The molecule has 0 spiro atoms. The first kappa shape index (κ1) is 34.1. The van der Waals surface area contributed by atoms with E-state index in [2.05, 4.69) is 21.4 Å². The van der Waals surface area contributed by atoms with Crippen LogP contribution in [-0.2, 0) is 11.2 Å². The van der Waals surface area contributed by atoms with Crippen LogP contribution in [0.25, 0.3) is 27.7 Å². The summed E-state index contributed by atoms with van der Waals surface area (Å²) in [7, 11) is 0. The maximum absolute atomic E-state index is 16.6. The van der Waals surface area contributed by atoms with Crippen molar-refractivity contribution in [3.8, 4) is 16.8 Å². The van der Waals surface area contributed by atoms with Gasteiger partial charge in [0.05, 0.1) is 49.0 Å². The minimum absolute atomic E-state index is 0.0841.